The summed E-state index contributed by atoms with van der Waals surface area (Å²) in [4.78, 5) is 15.0. The first-order chi connectivity index (χ1) is 9.76. The fourth-order valence-corrected chi connectivity index (χ4v) is 1.95. The number of halogens is 3. The van der Waals surface area contributed by atoms with Gasteiger partial charge < -0.3 is 5.11 Å². The van der Waals surface area contributed by atoms with Gasteiger partial charge in [0.1, 0.15) is 0 Å². The lowest BCUT2D eigenvalue weighted by Crippen LogP contribution is -2.11. The lowest BCUT2D eigenvalue weighted by Gasteiger charge is -2.08. The molecule has 0 radical (unpaired) electrons. The Bertz CT molecular complexity index is 664. The van der Waals surface area contributed by atoms with Crippen LogP contribution in [-0.4, -0.2) is 22.2 Å². The van der Waals surface area contributed by atoms with Crippen molar-refractivity contribution in [2.75, 3.05) is 0 Å². The molecule has 6 heteroatoms. The van der Waals surface area contributed by atoms with Gasteiger partial charge in [-0.1, -0.05) is 24.3 Å². The molecule has 0 unspecified atom stereocenters. The predicted octanol–water partition coefficient (Wildman–Crippen LogP) is 3.86. The number of carboxylic acid groups (broad SMARTS) is 1. The molecule has 110 valence electrons. The molecule has 1 aromatic carbocycles. The molecule has 2 rings (SSSR count). The van der Waals surface area contributed by atoms with Gasteiger partial charge in [0, 0.05) is 11.8 Å². The third kappa shape index (κ3) is 3.81. The minimum Gasteiger partial charge on any atom is -0.478 e. The maximum atomic E-state index is 12.3. The Morgan fingerprint density at radius 1 is 1.19 bits per heavy atom. The molecule has 0 atom stereocenters. The number of hydrogen-bond donors (Lipinski definition) is 1. The molecule has 0 bridgehead atoms. The van der Waals surface area contributed by atoms with Crippen molar-refractivity contribution in [3.8, 4) is 11.1 Å². The Morgan fingerprint density at radius 3 is 2.33 bits per heavy atom. The number of nitrogens with zero attached hydrogens (tertiary/aromatic N) is 1. The van der Waals surface area contributed by atoms with Crippen LogP contribution in [-0.2, 0) is 6.42 Å². The minimum atomic E-state index is -4.25. The van der Waals surface area contributed by atoms with E-state index in [1.165, 1.54) is 36.5 Å². The number of alkyl halides is 3. The average molecular weight is 295 g/mol. The number of aryl methyl sites for hydroxylation is 1. The lowest BCUT2D eigenvalue weighted by molar-refractivity contribution is -0.127. The van der Waals surface area contributed by atoms with Gasteiger partial charge in [-0.3, -0.25) is 4.98 Å². The summed E-state index contributed by atoms with van der Waals surface area (Å²) in [7, 11) is 0. The largest absolute Gasteiger partial charge is 0.478 e. The maximum absolute atomic E-state index is 12.3. The molecule has 0 amide bonds. The van der Waals surface area contributed by atoms with E-state index in [0.717, 1.165) is 0 Å². The van der Waals surface area contributed by atoms with Gasteiger partial charge in [0.15, 0.2) is 0 Å². The van der Waals surface area contributed by atoms with Crippen molar-refractivity contribution in [2.24, 2.45) is 0 Å². The van der Waals surface area contributed by atoms with Crippen LogP contribution < -0.4 is 0 Å². The van der Waals surface area contributed by atoms with Gasteiger partial charge in [-0.25, -0.2) is 4.79 Å². The second kappa shape index (κ2) is 5.55. The van der Waals surface area contributed by atoms with Crippen molar-refractivity contribution in [2.45, 2.75) is 19.5 Å². The molecule has 2 aromatic rings. The Balaban J connectivity index is 2.31. The molecule has 0 aliphatic carbocycles. The van der Waals surface area contributed by atoms with Crippen molar-refractivity contribution in [3.63, 3.8) is 0 Å². The van der Waals surface area contributed by atoms with Gasteiger partial charge in [0.25, 0.3) is 0 Å². The molecule has 0 saturated carbocycles. The third-order valence-electron chi connectivity index (χ3n) is 3.01. The van der Waals surface area contributed by atoms with Gasteiger partial charge in [-0.15, -0.1) is 0 Å². The van der Waals surface area contributed by atoms with Crippen LogP contribution in [0.3, 0.4) is 0 Å². The molecular weight excluding hydrogens is 283 g/mol. The highest BCUT2D eigenvalue weighted by Gasteiger charge is 2.27. The van der Waals surface area contributed by atoms with E-state index in [4.69, 9.17) is 5.11 Å². The molecule has 1 N–H and O–H groups in total. The van der Waals surface area contributed by atoms with E-state index in [1.807, 2.05) is 0 Å². The molecule has 3 nitrogen and oxygen atoms in total. The number of aromatic carboxylic acids is 1. The molecular formula is C15H12F3NO2. The Labute approximate surface area is 119 Å². The van der Waals surface area contributed by atoms with E-state index in [9.17, 15) is 18.0 Å². The number of rotatable bonds is 3. The van der Waals surface area contributed by atoms with Crippen LogP contribution >= 0.6 is 0 Å². The summed E-state index contributed by atoms with van der Waals surface area (Å²) in [5, 5.41) is 9.04. The summed E-state index contributed by atoms with van der Waals surface area (Å²) in [6, 6.07) is 7.27. The maximum Gasteiger partial charge on any atom is 0.393 e. The SMILES string of the molecule is Cc1ncc(-c2ccc(CC(F)(F)F)cc2)cc1C(=O)O. The number of carboxylic acids is 1. The van der Waals surface area contributed by atoms with Gasteiger partial charge in [-0.2, -0.15) is 13.2 Å². The van der Waals surface area contributed by atoms with Crippen LogP contribution in [0.2, 0.25) is 0 Å². The van der Waals surface area contributed by atoms with Crippen LogP contribution in [0.4, 0.5) is 13.2 Å². The summed E-state index contributed by atoms with van der Waals surface area (Å²) in [6.45, 7) is 1.58. The molecule has 0 fully saturated rings. The zero-order chi connectivity index (χ0) is 15.6. The fourth-order valence-electron chi connectivity index (χ4n) is 1.95. The molecule has 0 aliphatic heterocycles. The average Bonchev–Trinajstić information content (AvgIpc) is 2.38. The first-order valence-corrected chi connectivity index (χ1v) is 6.12. The molecule has 0 spiro atoms. The smallest absolute Gasteiger partial charge is 0.393 e. The van der Waals surface area contributed by atoms with Crippen LogP contribution in [0, 0.1) is 6.92 Å². The first-order valence-electron chi connectivity index (χ1n) is 6.12. The molecule has 1 heterocycles. The van der Waals surface area contributed by atoms with Crippen LogP contribution in [0.15, 0.2) is 36.5 Å². The zero-order valence-corrected chi connectivity index (χ0v) is 11.1. The van der Waals surface area contributed by atoms with Crippen molar-refractivity contribution >= 4 is 5.97 Å². The Morgan fingerprint density at radius 2 is 1.81 bits per heavy atom. The van der Waals surface area contributed by atoms with Crippen molar-refractivity contribution in [3.05, 3.63) is 53.3 Å². The molecule has 21 heavy (non-hydrogen) atoms. The summed E-state index contributed by atoms with van der Waals surface area (Å²) >= 11 is 0. The van der Waals surface area contributed by atoms with E-state index in [0.29, 0.717) is 16.8 Å². The third-order valence-corrected chi connectivity index (χ3v) is 3.01. The Kier molecular flexibility index (Phi) is 3.97. The Hall–Kier alpha value is -2.37. The van der Waals surface area contributed by atoms with E-state index in [-0.39, 0.29) is 11.1 Å². The highest BCUT2D eigenvalue weighted by molar-refractivity contribution is 5.90. The van der Waals surface area contributed by atoms with Gasteiger partial charge >= 0.3 is 12.1 Å². The van der Waals surface area contributed by atoms with E-state index < -0.39 is 18.6 Å². The van der Waals surface area contributed by atoms with E-state index >= 15 is 0 Å². The summed E-state index contributed by atoms with van der Waals surface area (Å²) in [6.07, 6.45) is -3.73. The summed E-state index contributed by atoms with van der Waals surface area (Å²) < 4.78 is 36.8. The van der Waals surface area contributed by atoms with Gasteiger partial charge in [-0.05, 0) is 24.1 Å². The van der Waals surface area contributed by atoms with Crippen LogP contribution in [0.5, 0.6) is 0 Å². The van der Waals surface area contributed by atoms with Gasteiger partial charge in [0.05, 0.1) is 17.7 Å². The van der Waals surface area contributed by atoms with Gasteiger partial charge in [0.2, 0.25) is 0 Å². The van der Waals surface area contributed by atoms with Crippen molar-refractivity contribution in [1.82, 2.24) is 4.98 Å². The first kappa shape index (κ1) is 15.0. The summed E-state index contributed by atoms with van der Waals surface area (Å²) in [5.41, 5.74) is 1.80. The second-order valence-electron chi connectivity index (χ2n) is 4.65. The van der Waals surface area contributed by atoms with E-state index in [1.54, 1.807) is 6.92 Å². The van der Waals surface area contributed by atoms with Crippen molar-refractivity contribution < 1.29 is 23.1 Å². The topological polar surface area (TPSA) is 50.2 Å². The summed E-state index contributed by atoms with van der Waals surface area (Å²) in [5.74, 6) is -1.09. The molecule has 0 aliphatic rings. The van der Waals surface area contributed by atoms with E-state index in [2.05, 4.69) is 4.98 Å². The normalized spacial score (nSPS) is 11.4. The second-order valence-corrected chi connectivity index (χ2v) is 4.65. The number of aromatic nitrogens is 1. The van der Waals surface area contributed by atoms with Crippen LogP contribution in [0.1, 0.15) is 21.6 Å². The quantitative estimate of drug-likeness (QED) is 0.935. The number of pyridine rings is 1. The zero-order valence-electron chi connectivity index (χ0n) is 11.1. The predicted molar refractivity (Wildman–Crippen MR) is 71.1 cm³/mol. The molecule has 0 saturated heterocycles. The fraction of sp³-hybridized carbons (Fsp3) is 0.200. The van der Waals surface area contributed by atoms with Crippen molar-refractivity contribution in [1.29, 1.82) is 0 Å². The lowest BCUT2D eigenvalue weighted by atomic mass is 10.0. The minimum absolute atomic E-state index is 0.0758. The monoisotopic (exact) mass is 295 g/mol. The molecule has 1 aromatic heterocycles. The highest BCUT2D eigenvalue weighted by Crippen LogP contribution is 2.25. The number of hydrogen-bond acceptors (Lipinski definition) is 2. The number of benzene rings is 1. The standard InChI is InChI=1S/C15H12F3NO2/c1-9-13(14(20)21)6-12(8-19-9)11-4-2-10(3-5-11)7-15(16,17)18/h2-6,8H,7H2,1H3,(H,20,21). The van der Waals surface area contributed by atoms with Crippen LogP contribution in [0.25, 0.3) is 11.1 Å². The number of carbonyl (C=O) groups is 1. The highest BCUT2D eigenvalue weighted by atomic mass is 19.4.